The van der Waals surface area contributed by atoms with E-state index in [-0.39, 0.29) is 6.54 Å². The molecule has 1 aromatic carbocycles. The lowest BCUT2D eigenvalue weighted by atomic mass is 10.0. The number of hydrogen-bond acceptors (Lipinski definition) is 4. The fraction of sp³-hybridized carbons (Fsp3) is 0.467. The van der Waals surface area contributed by atoms with Crippen LogP contribution in [-0.2, 0) is 9.59 Å². The van der Waals surface area contributed by atoms with E-state index < -0.39 is 17.4 Å². The largest absolute Gasteiger partial charge is 0.388 e. The molecule has 5 nitrogen and oxygen atoms in total. The number of anilines is 1. The number of carbonyl (C=O) groups excluding carboxylic acids is 2. The molecule has 7 heteroatoms. The number of carbonyl (C=O) groups is 2. The molecule has 0 fully saturated rings. The van der Waals surface area contributed by atoms with Gasteiger partial charge in [0.05, 0.1) is 5.60 Å². The third-order valence-electron chi connectivity index (χ3n) is 3.20. The van der Waals surface area contributed by atoms with Crippen LogP contribution in [0.15, 0.2) is 18.2 Å². The van der Waals surface area contributed by atoms with Crippen LogP contribution in [0.4, 0.5) is 5.69 Å². The highest BCUT2D eigenvalue weighted by atomic mass is 35.5. The van der Waals surface area contributed by atoms with Crippen LogP contribution < -0.4 is 10.6 Å². The van der Waals surface area contributed by atoms with Crippen LogP contribution in [0, 0.1) is 6.92 Å². The molecule has 0 radical (unpaired) electrons. The van der Waals surface area contributed by atoms with Crippen LogP contribution in [-0.4, -0.2) is 41.1 Å². The number of amides is 2. The van der Waals surface area contributed by atoms with Gasteiger partial charge in [-0.25, -0.2) is 0 Å². The van der Waals surface area contributed by atoms with Gasteiger partial charge in [0.1, 0.15) is 0 Å². The first-order valence-corrected chi connectivity index (χ1v) is 8.59. The van der Waals surface area contributed by atoms with Crippen molar-refractivity contribution in [1.82, 2.24) is 5.32 Å². The monoisotopic (exact) mass is 344 g/mol. The molecule has 3 N–H and O–H groups in total. The summed E-state index contributed by atoms with van der Waals surface area (Å²) in [7, 11) is 0. The van der Waals surface area contributed by atoms with E-state index in [9.17, 15) is 14.7 Å². The van der Waals surface area contributed by atoms with Crippen LogP contribution in [0.1, 0.15) is 18.9 Å². The number of nitrogens with one attached hydrogen (secondary N) is 2. The number of benzene rings is 1. The van der Waals surface area contributed by atoms with Crippen molar-refractivity contribution < 1.29 is 14.7 Å². The molecule has 0 saturated heterocycles. The lowest BCUT2D eigenvalue weighted by molar-refractivity contribution is -0.136. The van der Waals surface area contributed by atoms with Crippen LogP contribution in [0.2, 0.25) is 5.02 Å². The Labute approximate surface area is 139 Å². The smallest absolute Gasteiger partial charge is 0.313 e. The summed E-state index contributed by atoms with van der Waals surface area (Å²) in [5, 5.41) is 15.5. The van der Waals surface area contributed by atoms with Gasteiger partial charge in [0.2, 0.25) is 0 Å². The second-order valence-electron chi connectivity index (χ2n) is 5.29. The van der Waals surface area contributed by atoms with Crippen LogP contribution in [0.25, 0.3) is 0 Å². The quantitative estimate of drug-likeness (QED) is 0.691. The molecule has 0 aromatic heterocycles. The lowest BCUT2D eigenvalue weighted by Gasteiger charge is -2.23. The van der Waals surface area contributed by atoms with Crippen LogP contribution in [0.3, 0.4) is 0 Å². The summed E-state index contributed by atoms with van der Waals surface area (Å²) < 4.78 is 0. The van der Waals surface area contributed by atoms with Gasteiger partial charge in [0.15, 0.2) is 0 Å². The zero-order chi connectivity index (χ0) is 16.8. The Morgan fingerprint density at radius 1 is 1.36 bits per heavy atom. The molecule has 122 valence electrons. The van der Waals surface area contributed by atoms with Gasteiger partial charge in [-0.3, -0.25) is 9.59 Å². The highest BCUT2D eigenvalue weighted by Crippen LogP contribution is 2.22. The maximum absolute atomic E-state index is 11.9. The van der Waals surface area contributed by atoms with E-state index >= 15 is 0 Å². The van der Waals surface area contributed by atoms with Crippen molar-refractivity contribution in [2.75, 3.05) is 23.9 Å². The second-order valence-corrected chi connectivity index (χ2v) is 6.68. The summed E-state index contributed by atoms with van der Waals surface area (Å²) in [5.74, 6) is -0.800. The molecular weight excluding hydrogens is 324 g/mol. The molecule has 2 amide bonds. The minimum atomic E-state index is -1.04. The van der Waals surface area contributed by atoms with E-state index in [4.69, 9.17) is 11.6 Å². The molecule has 0 saturated carbocycles. The SMILES string of the molecule is CSCCC(C)(O)CNC(=O)C(=O)Nc1cccc(Cl)c1C. The maximum Gasteiger partial charge on any atom is 0.313 e. The molecule has 1 aromatic rings. The van der Waals surface area contributed by atoms with Crippen LogP contribution >= 0.6 is 23.4 Å². The zero-order valence-corrected chi connectivity index (χ0v) is 14.5. The molecule has 0 spiro atoms. The summed E-state index contributed by atoms with van der Waals surface area (Å²) in [4.78, 5) is 23.6. The maximum atomic E-state index is 11.9. The van der Waals surface area contributed by atoms with Crippen LogP contribution in [0.5, 0.6) is 0 Å². The van der Waals surface area contributed by atoms with Gasteiger partial charge in [-0.2, -0.15) is 11.8 Å². The number of halogens is 1. The third kappa shape index (κ3) is 5.87. The minimum absolute atomic E-state index is 0.0222. The summed E-state index contributed by atoms with van der Waals surface area (Å²) >= 11 is 7.57. The van der Waals surface area contributed by atoms with Gasteiger partial charge >= 0.3 is 11.8 Å². The first-order chi connectivity index (χ1) is 10.3. The van der Waals surface area contributed by atoms with Crippen molar-refractivity contribution in [3.8, 4) is 0 Å². The molecule has 0 bridgehead atoms. The minimum Gasteiger partial charge on any atom is -0.388 e. The number of aliphatic hydroxyl groups is 1. The summed E-state index contributed by atoms with van der Waals surface area (Å²) in [6.07, 6.45) is 2.47. The van der Waals surface area contributed by atoms with Gasteiger partial charge < -0.3 is 15.7 Å². The molecule has 1 rings (SSSR count). The summed E-state index contributed by atoms with van der Waals surface area (Å²) in [5.41, 5.74) is 0.143. The number of hydrogen-bond donors (Lipinski definition) is 3. The van der Waals surface area contributed by atoms with Crippen molar-refractivity contribution in [2.45, 2.75) is 25.9 Å². The van der Waals surface area contributed by atoms with Crippen molar-refractivity contribution in [3.05, 3.63) is 28.8 Å². The molecule has 0 aliphatic heterocycles. The summed E-state index contributed by atoms with van der Waals surface area (Å²) in [6, 6.07) is 5.06. The molecule has 1 unspecified atom stereocenters. The Bertz CT molecular complexity index is 550. The highest BCUT2D eigenvalue weighted by molar-refractivity contribution is 7.98. The Morgan fingerprint density at radius 3 is 2.68 bits per heavy atom. The van der Waals surface area contributed by atoms with E-state index in [2.05, 4.69) is 10.6 Å². The highest BCUT2D eigenvalue weighted by Gasteiger charge is 2.23. The molecule has 0 heterocycles. The predicted molar refractivity (Wildman–Crippen MR) is 91.5 cm³/mol. The average molecular weight is 345 g/mol. The van der Waals surface area contributed by atoms with Crippen molar-refractivity contribution in [1.29, 1.82) is 0 Å². The fourth-order valence-electron chi connectivity index (χ4n) is 1.68. The van der Waals surface area contributed by atoms with Gasteiger partial charge in [-0.05, 0) is 50.0 Å². The first-order valence-electron chi connectivity index (χ1n) is 6.82. The van der Waals surface area contributed by atoms with E-state index in [0.717, 1.165) is 5.75 Å². The first kappa shape index (κ1) is 18.8. The average Bonchev–Trinajstić information content (AvgIpc) is 2.47. The second kappa shape index (κ2) is 8.41. The molecule has 22 heavy (non-hydrogen) atoms. The van der Waals surface area contributed by atoms with Gasteiger partial charge in [0.25, 0.3) is 0 Å². The third-order valence-corrected chi connectivity index (χ3v) is 4.22. The standard InChI is InChI=1S/C15H21ClN2O3S/c1-10-11(16)5-4-6-12(10)18-14(20)13(19)17-9-15(2,21)7-8-22-3/h4-6,21H,7-9H2,1-3H3,(H,17,19)(H,18,20). The molecule has 0 aliphatic carbocycles. The fourth-order valence-corrected chi connectivity index (χ4v) is 2.50. The number of thioether (sulfide) groups is 1. The summed E-state index contributed by atoms with van der Waals surface area (Å²) in [6.45, 7) is 3.40. The van der Waals surface area contributed by atoms with Gasteiger partial charge in [-0.15, -0.1) is 0 Å². The van der Waals surface area contributed by atoms with Crippen molar-refractivity contribution >= 4 is 40.9 Å². The van der Waals surface area contributed by atoms with E-state index in [1.165, 1.54) is 0 Å². The van der Waals surface area contributed by atoms with Crippen molar-refractivity contribution in [2.24, 2.45) is 0 Å². The molecule has 1 atom stereocenters. The van der Waals surface area contributed by atoms with E-state index in [0.29, 0.717) is 22.7 Å². The van der Waals surface area contributed by atoms with E-state index in [1.54, 1.807) is 43.8 Å². The predicted octanol–water partition coefficient (Wildman–Crippen LogP) is 2.21. The Balaban J connectivity index is 2.55. The normalized spacial score (nSPS) is 13.3. The lowest BCUT2D eigenvalue weighted by Crippen LogP contribution is -2.45. The Hall–Kier alpha value is -1.24. The zero-order valence-electron chi connectivity index (χ0n) is 12.9. The van der Waals surface area contributed by atoms with Crippen molar-refractivity contribution in [3.63, 3.8) is 0 Å². The van der Waals surface area contributed by atoms with Gasteiger partial charge in [0, 0.05) is 17.3 Å². The van der Waals surface area contributed by atoms with E-state index in [1.807, 2.05) is 6.26 Å². The Kier molecular flexibility index (Phi) is 7.19. The Morgan fingerprint density at radius 2 is 2.05 bits per heavy atom. The molecular formula is C15H21ClN2O3S. The molecule has 0 aliphatic rings. The van der Waals surface area contributed by atoms with Gasteiger partial charge in [-0.1, -0.05) is 17.7 Å². The number of rotatable bonds is 6. The topological polar surface area (TPSA) is 78.4 Å².